The lowest BCUT2D eigenvalue weighted by Crippen LogP contribution is -2.11. The number of rotatable bonds is 7. The quantitative estimate of drug-likeness (QED) is 0.600. The van der Waals surface area contributed by atoms with Crippen molar-refractivity contribution < 1.29 is 4.74 Å². The molecule has 2 rings (SSSR count). The zero-order valence-corrected chi connectivity index (χ0v) is 12.2. The summed E-state index contributed by atoms with van der Waals surface area (Å²) in [6.07, 6.45) is 4.71. The molecule has 108 valence electrons. The number of nitrogens with one attached hydrogen (secondary N) is 1. The van der Waals surface area contributed by atoms with Crippen LogP contribution in [0.25, 0.3) is 10.8 Å². The fraction of sp³-hybridized carbons (Fsp3) is 0.438. The van der Waals surface area contributed by atoms with Gasteiger partial charge in [-0.15, -0.1) is 0 Å². The van der Waals surface area contributed by atoms with Gasteiger partial charge < -0.3 is 15.8 Å². The molecule has 0 saturated heterocycles. The van der Waals surface area contributed by atoms with Gasteiger partial charge in [-0.25, -0.2) is 0 Å². The molecule has 0 fully saturated rings. The Morgan fingerprint density at radius 1 is 1.20 bits per heavy atom. The van der Waals surface area contributed by atoms with Crippen LogP contribution >= 0.6 is 0 Å². The average molecular weight is 273 g/mol. The third-order valence-corrected chi connectivity index (χ3v) is 3.25. The fourth-order valence-corrected chi connectivity index (χ4v) is 2.05. The highest BCUT2D eigenvalue weighted by Gasteiger charge is 2.03. The number of fused-ring (bicyclic) bond motifs is 1. The smallest absolute Gasteiger partial charge is 0.0639 e. The lowest BCUT2D eigenvalue weighted by molar-refractivity contribution is 0.133. The summed E-state index contributed by atoms with van der Waals surface area (Å²) in [4.78, 5) is 4.16. The standard InChI is InChI=1S/C16H23N3O/c1-12(2)6-9-20-10-8-19-16-4-3-15(17)13-5-7-18-11-14(13)16/h3-5,7,11-12,19H,6,8-10,17H2,1-2H3. The van der Waals surface area contributed by atoms with E-state index < -0.39 is 0 Å². The van der Waals surface area contributed by atoms with Gasteiger partial charge in [0.05, 0.1) is 6.61 Å². The summed E-state index contributed by atoms with van der Waals surface area (Å²) < 4.78 is 5.60. The molecule has 1 aromatic carbocycles. The van der Waals surface area contributed by atoms with Crippen LogP contribution in [0.5, 0.6) is 0 Å². The van der Waals surface area contributed by atoms with E-state index in [0.717, 1.165) is 41.7 Å². The molecule has 0 aliphatic carbocycles. The molecule has 0 aliphatic rings. The Morgan fingerprint density at radius 3 is 2.85 bits per heavy atom. The van der Waals surface area contributed by atoms with Crippen molar-refractivity contribution >= 4 is 22.1 Å². The molecule has 0 atom stereocenters. The maximum atomic E-state index is 5.97. The Balaban J connectivity index is 1.89. The molecule has 0 saturated carbocycles. The summed E-state index contributed by atoms with van der Waals surface area (Å²) in [5.41, 5.74) is 7.80. The molecule has 4 nitrogen and oxygen atoms in total. The van der Waals surface area contributed by atoms with E-state index in [4.69, 9.17) is 10.5 Å². The number of nitrogens with two attached hydrogens (primary N) is 1. The van der Waals surface area contributed by atoms with Crippen molar-refractivity contribution in [1.29, 1.82) is 0 Å². The van der Waals surface area contributed by atoms with Gasteiger partial charge in [-0.05, 0) is 30.5 Å². The van der Waals surface area contributed by atoms with Crippen LogP contribution in [0.2, 0.25) is 0 Å². The largest absolute Gasteiger partial charge is 0.398 e. The number of hydrogen-bond acceptors (Lipinski definition) is 4. The molecule has 3 N–H and O–H groups in total. The van der Waals surface area contributed by atoms with E-state index >= 15 is 0 Å². The molecule has 2 aromatic rings. The summed E-state index contributed by atoms with van der Waals surface area (Å²) in [5, 5.41) is 5.47. The van der Waals surface area contributed by atoms with Crippen LogP contribution in [0.3, 0.4) is 0 Å². The van der Waals surface area contributed by atoms with Crippen molar-refractivity contribution in [3.63, 3.8) is 0 Å². The monoisotopic (exact) mass is 273 g/mol. The summed E-state index contributed by atoms with van der Waals surface area (Å²) in [6, 6.07) is 5.85. The average Bonchev–Trinajstić information content (AvgIpc) is 2.45. The van der Waals surface area contributed by atoms with E-state index in [2.05, 4.69) is 24.1 Å². The number of aromatic nitrogens is 1. The van der Waals surface area contributed by atoms with Crippen LogP contribution in [0.15, 0.2) is 30.6 Å². The minimum absolute atomic E-state index is 0.690. The predicted octanol–water partition coefficient (Wildman–Crippen LogP) is 3.29. The van der Waals surface area contributed by atoms with Gasteiger partial charge in [0, 0.05) is 47.7 Å². The van der Waals surface area contributed by atoms with E-state index in [1.807, 2.05) is 24.4 Å². The van der Waals surface area contributed by atoms with Crippen LogP contribution < -0.4 is 11.1 Å². The third-order valence-electron chi connectivity index (χ3n) is 3.25. The lowest BCUT2D eigenvalue weighted by atomic mass is 10.1. The van der Waals surface area contributed by atoms with Gasteiger partial charge in [0.15, 0.2) is 0 Å². The first-order valence-corrected chi connectivity index (χ1v) is 7.12. The fourth-order valence-electron chi connectivity index (χ4n) is 2.05. The number of pyridine rings is 1. The number of nitrogens with zero attached hydrogens (tertiary/aromatic N) is 1. The minimum Gasteiger partial charge on any atom is -0.398 e. The molecule has 0 unspecified atom stereocenters. The van der Waals surface area contributed by atoms with Crippen LogP contribution in [-0.2, 0) is 4.74 Å². The maximum Gasteiger partial charge on any atom is 0.0639 e. The van der Waals surface area contributed by atoms with E-state index in [-0.39, 0.29) is 0 Å². The number of nitrogen functional groups attached to an aromatic ring is 1. The van der Waals surface area contributed by atoms with Gasteiger partial charge in [0.1, 0.15) is 0 Å². The lowest BCUT2D eigenvalue weighted by Gasteiger charge is -2.11. The maximum absolute atomic E-state index is 5.97. The van der Waals surface area contributed by atoms with Crippen molar-refractivity contribution in [3.8, 4) is 0 Å². The number of anilines is 2. The Bertz CT molecular complexity index is 554. The van der Waals surface area contributed by atoms with Crippen LogP contribution in [0, 0.1) is 5.92 Å². The van der Waals surface area contributed by atoms with Crippen molar-refractivity contribution in [2.75, 3.05) is 30.8 Å². The van der Waals surface area contributed by atoms with Gasteiger partial charge in [0.2, 0.25) is 0 Å². The predicted molar refractivity (Wildman–Crippen MR) is 84.9 cm³/mol. The summed E-state index contributed by atoms with van der Waals surface area (Å²) in [5.74, 6) is 0.690. The summed E-state index contributed by atoms with van der Waals surface area (Å²) in [7, 11) is 0. The molecule has 1 aromatic heterocycles. The Morgan fingerprint density at radius 2 is 2.05 bits per heavy atom. The topological polar surface area (TPSA) is 60.2 Å². The second kappa shape index (κ2) is 7.10. The SMILES string of the molecule is CC(C)CCOCCNc1ccc(N)c2ccncc12. The Labute approximate surface area is 120 Å². The highest BCUT2D eigenvalue weighted by Crippen LogP contribution is 2.27. The zero-order chi connectivity index (χ0) is 14.4. The first kappa shape index (κ1) is 14.6. The van der Waals surface area contributed by atoms with E-state index in [1.165, 1.54) is 0 Å². The molecule has 0 aliphatic heterocycles. The Hall–Kier alpha value is -1.81. The highest BCUT2D eigenvalue weighted by atomic mass is 16.5. The van der Waals surface area contributed by atoms with Crippen molar-refractivity contribution in [2.45, 2.75) is 20.3 Å². The van der Waals surface area contributed by atoms with Gasteiger partial charge in [0.25, 0.3) is 0 Å². The van der Waals surface area contributed by atoms with Crippen molar-refractivity contribution in [2.24, 2.45) is 5.92 Å². The molecule has 20 heavy (non-hydrogen) atoms. The van der Waals surface area contributed by atoms with E-state index in [0.29, 0.717) is 12.5 Å². The Kier molecular flexibility index (Phi) is 5.18. The molecular formula is C16H23N3O. The summed E-state index contributed by atoms with van der Waals surface area (Å²) in [6.45, 7) is 6.72. The van der Waals surface area contributed by atoms with E-state index in [1.54, 1.807) is 6.20 Å². The first-order chi connectivity index (χ1) is 9.68. The van der Waals surface area contributed by atoms with Gasteiger partial charge in [-0.2, -0.15) is 0 Å². The molecular weight excluding hydrogens is 250 g/mol. The normalized spacial score (nSPS) is 11.2. The second-order valence-corrected chi connectivity index (χ2v) is 5.35. The number of benzene rings is 1. The minimum atomic E-state index is 0.690. The molecule has 0 radical (unpaired) electrons. The van der Waals surface area contributed by atoms with Gasteiger partial charge >= 0.3 is 0 Å². The second-order valence-electron chi connectivity index (χ2n) is 5.35. The molecule has 0 bridgehead atoms. The number of ether oxygens (including phenoxy) is 1. The molecule has 0 amide bonds. The highest BCUT2D eigenvalue weighted by molar-refractivity contribution is 6.00. The summed E-state index contributed by atoms with van der Waals surface area (Å²) >= 11 is 0. The van der Waals surface area contributed by atoms with Crippen LogP contribution in [-0.4, -0.2) is 24.7 Å². The van der Waals surface area contributed by atoms with Crippen LogP contribution in [0.4, 0.5) is 11.4 Å². The van der Waals surface area contributed by atoms with Crippen LogP contribution in [0.1, 0.15) is 20.3 Å². The first-order valence-electron chi connectivity index (χ1n) is 7.12. The third kappa shape index (κ3) is 3.84. The van der Waals surface area contributed by atoms with Crippen molar-refractivity contribution in [3.05, 3.63) is 30.6 Å². The van der Waals surface area contributed by atoms with E-state index in [9.17, 15) is 0 Å². The van der Waals surface area contributed by atoms with Gasteiger partial charge in [-0.1, -0.05) is 13.8 Å². The molecule has 0 spiro atoms. The number of hydrogen-bond donors (Lipinski definition) is 2. The zero-order valence-electron chi connectivity index (χ0n) is 12.2. The van der Waals surface area contributed by atoms with Gasteiger partial charge in [-0.3, -0.25) is 4.98 Å². The van der Waals surface area contributed by atoms with Crippen molar-refractivity contribution in [1.82, 2.24) is 4.98 Å². The molecule has 1 heterocycles. The molecule has 4 heteroatoms.